The summed E-state index contributed by atoms with van der Waals surface area (Å²) < 4.78 is 61.7. The third kappa shape index (κ3) is 6.20. The van der Waals surface area contributed by atoms with Crippen molar-refractivity contribution in [3.63, 3.8) is 0 Å². The van der Waals surface area contributed by atoms with Crippen molar-refractivity contribution in [3.8, 4) is 0 Å². The fourth-order valence-electron chi connectivity index (χ4n) is 3.97. The maximum Gasteiger partial charge on any atom is 0.244 e. The molecule has 1 fully saturated rings. The summed E-state index contributed by atoms with van der Waals surface area (Å²) >= 11 is 12.1. The summed E-state index contributed by atoms with van der Waals surface area (Å²) in [6, 6.07) is 17.1. The van der Waals surface area contributed by atoms with Gasteiger partial charge in [-0.05, 0) is 42.0 Å². The Bertz CT molecular complexity index is 1250. The van der Waals surface area contributed by atoms with Crippen LogP contribution in [0.15, 0.2) is 71.6 Å². The molecule has 0 aromatic heterocycles. The topological polar surface area (TPSA) is 49.9 Å². The summed E-state index contributed by atoms with van der Waals surface area (Å²) in [5.74, 6) is -1.34. The van der Waals surface area contributed by atoms with E-state index in [0.717, 1.165) is 5.56 Å². The van der Waals surface area contributed by atoms with Crippen LogP contribution in [0.1, 0.15) is 17.2 Å². The van der Waals surface area contributed by atoms with Gasteiger partial charge in [0.25, 0.3) is 0 Å². The third-order valence-corrected chi connectivity index (χ3v) is 8.59. The first kappa shape index (κ1) is 26.0. The molecule has 0 saturated carbocycles. The summed E-state index contributed by atoms with van der Waals surface area (Å²) in [6.07, 6.45) is -0.502. The van der Waals surface area contributed by atoms with Gasteiger partial charge in [-0.25, -0.2) is 17.2 Å². The minimum absolute atomic E-state index is 0.0874. The summed E-state index contributed by atoms with van der Waals surface area (Å²) in [5.41, 5.74) is 0.666. The van der Waals surface area contributed by atoms with Gasteiger partial charge in [-0.3, -0.25) is 4.90 Å². The number of sulfonamides is 1. The SMILES string of the molecule is O=S(=O)(c1ccccc1Cl)N1CCN(C[C@@H](OCc2c(F)cccc2F)c2ccc(Cl)cc2)CC1. The van der Waals surface area contributed by atoms with Crippen LogP contribution in [0.4, 0.5) is 8.78 Å². The predicted octanol–water partition coefficient (Wildman–Crippen LogP) is 5.54. The molecule has 1 aliphatic heterocycles. The Balaban J connectivity index is 1.45. The maximum atomic E-state index is 14.1. The van der Waals surface area contributed by atoms with Gasteiger partial charge < -0.3 is 4.74 Å². The Morgan fingerprint density at radius 3 is 2.11 bits per heavy atom. The lowest BCUT2D eigenvalue weighted by molar-refractivity contribution is 0.00547. The van der Waals surface area contributed by atoms with Crippen LogP contribution in [0.3, 0.4) is 0 Å². The van der Waals surface area contributed by atoms with Crippen molar-refractivity contribution in [1.29, 1.82) is 0 Å². The highest BCUT2D eigenvalue weighted by atomic mass is 35.5. The van der Waals surface area contributed by atoms with E-state index in [4.69, 9.17) is 27.9 Å². The molecule has 0 radical (unpaired) electrons. The van der Waals surface area contributed by atoms with Crippen LogP contribution < -0.4 is 0 Å². The molecule has 0 aliphatic carbocycles. The van der Waals surface area contributed by atoms with Crippen LogP contribution in [0.2, 0.25) is 10.0 Å². The second-order valence-corrected chi connectivity index (χ2v) is 10.9. The molecule has 1 atom stereocenters. The Morgan fingerprint density at radius 1 is 0.857 bits per heavy atom. The number of benzene rings is 3. The van der Waals surface area contributed by atoms with E-state index >= 15 is 0 Å². The molecule has 3 aromatic rings. The van der Waals surface area contributed by atoms with Crippen molar-refractivity contribution < 1.29 is 21.9 Å². The van der Waals surface area contributed by atoms with E-state index < -0.39 is 27.8 Å². The molecule has 3 aromatic carbocycles. The first-order valence-corrected chi connectivity index (χ1v) is 13.2. The molecule has 0 N–H and O–H groups in total. The van der Waals surface area contributed by atoms with E-state index in [-0.39, 0.29) is 35.2 Å². The van der Waals surface area contributed by atoms with E-state index in [1.54, 1.807) is 30.3 Å². The van der Waals surface area contributed by atoms with Crippen molar-refractivity contribution in [2.45, 2.75) is 17.6 Å². The molecule has 4 rings (SSSR count). The zero-order chi connectivity index (χ0) is 25.0. The van der Waals surface area contributed by atoms with Crippen molar-refractivity contribution in [2.75, 3.05) is 32.7 Å². The third-order valence-electron chi connectivity index (χ3n) is 5.94. The number of ether oxygens (including phenoxy) is 1. The minimum Gasteiger partial charge on any atom is -0.367 e. The monoisotopic (exact) mass is 540 g/mol. The Labute approximate surface area is 213 Å². The molecular formula is C25H24Cl2F2N2O3S. The number of hydrogen-bond donors (Lipinski definition) is 0. The highest BCUT2D eigenvalue weighted by Crippen LogP contribution is 2.27. The average molecular weight is 541 g/mol. The van der Waals surface area contributed by atoms with Crippen LogP contribution in [0.25, 0.3) is 0 Å². The summed E-state index contributed by atoms with van der Waals surface area (Å²) in [7, 11) is -3.71. The molecule has 1 saturated heterocycles. The lowest BCUT2D eigenvalue weighted by Crippen LogP contribution is -2.49. The number of halogens is 4. The second-order valence-electron chi connectivity index (χ2n) is 8.19. The van der Waals surface area contributed by atoms with E-state index in [0.29, 0.717) is 24.7 Å². The standard InChI is InChI=1S/C25H24Cl2F2N2O3S/c26-19-10-8-18(9-11-19)24(34-17-20-22(28)5-3-6-23(20)29)16-30-12-14-31(15-13-30)35(32,33)25-7-2-1-4-21(25)27/h1-11,24H,12-17H2/t24-/m1/s1. The van der Waals surface area contributed by atoms with E-state index in [1.165, 1.54) is 28.6 Å². The Morgan fingerprint density at radius 2 is 1.49 bits per heavy atom. The van der Waals surface area contributed by atoms with Crippen LogP contribution in [0, 0.1) is 11.6 Å². The van der Waals surface area contributed by atoms with Gasteiger partial charge in [-0.2, -0.15) is 4.31 Å². The van der Waals surface area contributed by atoms with Crippen molar-refractivity contribution in [1.82, 2.24) is 9.21 Å². The van der Waals surface area contributed by atoms with Crippen LogP contribution in [0.5, 0.6) is 0 Å². The molecule has 0 bridgehead atoms. The number of rotatable bonds is 8. The Hall–Kier alpha value is -2.07. The lowest BCUT2D eigenvalue weighted by Gasteiger charge is -2.36. The van der Waals surface area contributed by atoms with Crippen molar-refractivity contribution >= 4 is 33.2 Å². The predicted molar refractivity (Wildman–Crippen MR) is 132 cm³/mol. The van der Waals surface area contributed by atoms with E-state index in [1.807, 2.05) is 12.1 Å². The molecule has 0 unspecified atom stereocenters. The van der Waals surface area contributed by atoms with Gasteiger partial charge in [0.1, 0.15) is 16.5 Å². The summed E-state index contributed by atoms with van der Waals surface area (Å²) in [5, 5.41) is 0.748. The molecule has 1 aliphatic rings. The molecule has 0 spiro atoms. The molecule has 1 heterocycles. The highest BCUT2D eigenvalue weighted by molar-refractivity contribution is 7.89. The fourth-order valence-corrected chi connectivity index (χ4v) is 6.01. The Kier molecular flexibility index (Phi) is 8.42. The van der Waals surface area contributed by atoms with Gasteiger partial charge in [0.2, 0.25) is 10.0 Å². The van der Waals surface area contributed by atoms with Crippen molar-refractivity contribution in [3.05, 3.63) is 99.5 Å². The molecule has 10 heteroatoms. The lowest BCUT2D eigenvalue weighted by atomic mass is 10.1. The van der Waals surface area contributed by atoms with Gasteiger partial charge in [-0.1, -0.05) is 53.5 Å². The molecule has 35 heavy (non-hydrogen) atoms. The first-order valence-electron chi connectivity index (χ1n) is 11.0. The largest absolute Gasteiger partial charge is 0.367 e. The molecular weight excluding hydrogens is 517 g/mol. The van der Waals surface area contributed by atoms with Gasteiger partial charge in [0.05, 0.1) is 17.7 Å². The highest BCUT2D eigenvalue weighted by Gasteiger charge is 2.31. The summed E-state index contributed by atoms with van der Waals surface area (Å²) in [6.45, 7) is 1.66. The van der Waals surface area contributed by atoms with E-state index in [2.05, 4.69) is 4.90 Å². The smallest absolute Gasteiger partial charge is 0.244 e. The first-order chi connectivity index (χ1) is 16.8. The van der Waals surface area contributed by atoms with Gasteiger partial charge in [0.15, 0.2) is 0 Å². The minimum atomic E-state index is -3.71. The van der Waals surface area contributed by atoms with Gasteiger partial charge in [0, 0.05) is 43.3 Å². The van der Waals surface area contributed by atoms with Crippen LogP contribution in [-0.4, -0.2) is 50.3 Å². The average Bonchev–Trinajstić information content (AvgIpc) is 2.84. The zero-order valence-corrected chi connectivity index (χ0v) is 21.0. The normalized spacial score (nSPS) is 16.3. The van der Waals surface area contributed by atoms with E-state index in [9.17, 15) is 17.2 Å². The number of piperazine rings is 1. The van der Waals surface area contributed by atoms with Crippen molar-refractivity contribution in [2.24, 2.45) is 0 Å². The van der Waals surface area contributed by atoms with Gasteiger partial charge in [-0.15, -0.1) is 0 Å². The number of hydrogen-bond acceptors (Lipinski definition) is 4. The quantitative estimate of drug-likeness (QED) is 0.376. The zero-order valence-electron chi connectivity index (χ0n) is 18.7. The van der Waals surface area contributed by atoms with Crippen LogP contribution >= 0.6 is 23.2 Å². The second kappa shape index (κ2) is 11.3. The van der Waals surface area contributed by atoms with Crippen LogP contribution in [-0.2, 0) is 21.4 Å². The molecule has 186 valence electrons. The molecule has 0 amide bonds. The van der Waals surface area contributed by atoms with Gasteiger partial charge >= 0.3 is 0 Å². The fraction of sp³-hybridized carbons (Fsp3) is 0.280. The number of nitrogens with zero attached hydrogens (tertiary/aromatic N) is 2. The maximum absolute atomic E-state index is 14.1. The summed E-state index contributed by atoms with van der Waals surface area (Å²) in [4.78, 5) is 2.15. The molecule has 5 nitrogen and oxygen atoms in total.